The molecule has 0 spiro atoms. The minimum atomic E-state index is -0.485. The zero-order valence-corrected chi connectivity index (χ0v) is 21.3. The lowest BCUT2D eigenvalue weighted by Gasteiger charge is -2.14. The maximum Gasteiger partial charge on any atom is 0.338 e. The van der Waals surface area contributed by atoms with Gasteiger partial charge >= 0.3 is 11.9 Å². The first-order chi connectivity index (χ1) is 19.0. The highest BCUT2D eigenvalue weighted by molar-refractivity contribution is 6.22. The fraction of sp³-hybridized carbons (Fsp3) is 0.161. The number of aromatic nitrogens is 2. The molecule has 0 bridgehead atoms. The maximum absolute atomic E-state index is 12.7. The molecule has 0 radical (unpaired) electrons. The van der Waals surface area contributed by atoms with Gasteiger partial charge in [-0.15, -0.1) is 0 Å². The number of esters is 2. The molecule has 0 amide bonds. The summed E-state index contributed by atoms with van der Waals surface area (Å²) in [5.74, 6) is 1.04. The number of nitrogens with zero attached hydrogens (tertiary/aromatic N) is 2. The third-order valence-corrected chi connectivity index (χ3v) is 6.89. The molecule has 0 N–H and O–H groups in total. The number of rotatable bonds is 4. The summed E-state index contributed by atoms with van der Waals surface area (Å²) >= 11 is 0. The second kappa shape index (κ2) is 10.1. The van der Waals surface area contributed by atoms with Crippen LogP contribution in [0.5, 0.6) is 23.0 Å². The highest BCUT2D eigenvalue weighted by Gasteiger charge is 2.30. The van der Waals surface area contributed by atoms with Crippen LogP contribution in [0.4, 0.5) is 0 Å². The molecule has 2 aliphatic heterocycles. The van der Waals surface area contributed by atoms with Gasteiger partial charge < -0.3 is 18.9 Å². The van der Waals surface area contributed by atoms with E-state index in [1.807, 2.05) is 48.5 Å². The Kier molecular flexibility index (Phi) is 6.28. The molecular formula is C31H24N2O6. The van der Waals surface area contributed by atoms with Crippen molar-refractivity contribution in [3.63, 3.8) is 0 Å². The molecule has 4 heterocycles. The quantitative estimate of drug-likeness (QED) is 0.326. The van der Waals surface area contributed by atoms with Gasteiger partial charge in [0.05, 0.1) is 38.1 Å². The van der Waals surface area contributed by atoms with Crippen molar-refractivity contribution >= 4 is 23.6 Å². The molecule has 0 saturated carbocycles. The van der Waals surface area contributed by atoms with E-state index in [1.54, 1.807) is 30.7 Å². The molecule has 194 valence electrons. The third-order valence-electron chi connectivity index (χ3n) is 6.89. The highest BCUT2D eigenvalue weighted by atomic mass is 16.5. The Bertz CT molecular complexity index is 1640. The predicted molar refractivity (Wildman–Crippen MR) is 143 cm³/mol. The van der Waals surface area contributed by atoms with Gasteiger partial charge in [0.2, 0.25) is 0 Å². The zero-order chi connectivity index (χ0) is 26.9. The van der Waals surface area contributed by atoms with E-state index >= 15 is 0 Å². The molecule has 39 heavy (non-hydrogen) atoms. The number of benzene rings is 2. The van der Waals surface area contributed by atoms with Crippen molar-refractivity contribution in [1.82, 2.24) is 9.97 Å². The van der Waals surface area contributed by atoms with Crippen molar-refractivity contribution in [2.75, 3.05) is 14.2 Å². The average Bonchev–Trinajstić information content (AvgIpc) is 3.23. The molecule has 2 aromatic heterocycles. The van der Waals surface area contributed by atoms with E-state index in [0.29, 0.717) is 47.0 Å². The zero-order valence-electron chi connectivity index (χ0n) is 21.3. The number of ether oxygens (including phenoxy) is 4. The van der Waals surface area contributed by atoms with Crippen LogP contribution in [0.2, 0.25) is 0 Å². The van der Waals surface area contributed by atoms with E-state index in [0.717, 1.165) is 27.9 Å². The Labute approximate surface area is 224 Å². The van der Waals surface area contributed by atoms with Gasteiger partial charge in [0, 0.05) is 35.0 Å². The Morgan fingerprint density at radius 3 is 2.62 bits per heavy atom. The SMILES string of the molecule is COC(=O)C1=Cc2ccncc2Oc2cc(Cc3cc4c(cn3)Oc3ccccc3C(C(=O)OC)C4)ccc21. The van der Waals surface area contributed by atoms with Crippen LogP contribution in [0.15, 0.2) is 73.2 Å². The first-order valence-electron chi connectivity index (χ1n) is 12.4. The second-order valence-electron chi connectivity index (χ2n) is 9.28. The summed E-state index contributed by atoms with van der Waals surface area (Å²) in [6.07, 6.45) is 7.63. The predicted octanol–water partition coefficient (Wildman–Crippen LogP) is 5.49. The fourth-order valence-corrected chi connectivity index (χ4v) is 4.96. The number of methoxy groups -OCH3 is 2. The van der Waals surface area contributed by atoms with E-state index in [2.05, 4.69) is 9.97 Å². The Morgan fingerprint density at radius 2 is 1.77 bits per heavy atom. The summed E-state index contributed by atoms with van der Waals surface area (Å²) in [6, 6.07) is 16.9. The molecule has 1 atom stereocenters. The van der Waals surface area contributed by atoms with Gasteiger partial charge in [-0.1, -0.05) is 30.3 Å². The molecule has 2 aliphatic rings. The van der Waals surface area contributed by atoms with E-state index in [9.17, 15) is 9.59 Å². The Hall–Kier alpha value is -4.98. The number of hydrogen-bond acceptors (Lipinski definition) is 8. The molecule has 4 aromatic rings. The highest BCUT2D eigenvalue weighted by Crippen LogP contribution is 2.41. The molecule has 1 unspecified atom stereocenters. The topological polar surface area (TPSA) is 96.8 Å². The van der Waals surface area contributed by atoms with Crippen LogP contribution in [0.25, 0.3) is 11.6 Å². The van der Waals surface area contributed by atoms with Gasteiger partial charge in [0.15, 0.2) is 5.75 Å². The fourth-order valence-electron chi connectivity index (χ4n) is 4.96. The summed E-state index contributed by atoms with van der Waals surface area (Å²) < 4.78 is 22.5. The van der Waals surface area contributed by atoms with Crippen LogP contribution < -0.4 is 9.47 Å². The van der Waals surface area contributed by atoms with Crippen LogP contribution in [0.3, 0.4) is 0 Å². The molecule has 8 nitrogen and oxygen atoms in total. The molecule has 8 heteroatoms. The van der Waals surface area contributed by atoms with Crippen molar-refractivity contribution in [1.29, 1.82) is 0 Å². The van der Waals surface area contributed by atoms with Gasteiger partial charge in [-0.3, -0.25) is 14.8 Å². The minimum absolute atomic E-state index is 0.315. The summed E-state index contributed by atoms with van der Waals surface area (Å²) in [5.41, 5.74) is 5.15. The largest absolute Gasteiger partial charge is 0.469 e. The first kappa shape index (κ1) is 24.4. The monoisotopic (exact) mass is 520 g/mol. The molecule has 0 fully saturated rings. The number of carbonyl (C=O) groups excluding carboxylic acids is 2. The van der Waals surface area contributed by atoms with E-state index in [1.165, 1.54) is 14.2 Å². The van der Waals surface area contributed by atoms with Crippen molar-refractivity contribution in [2.24, 2.45) is 0 Å². The number of fused-ring (bicyclic) bond motifs is 4. The molecular weight excluding hydrogens is 496 g/mol. The standard InChI is InChI=1S/C31H24N2O6/c1-36-30(34)24-14-19-9-10-32-16-28(19)39-27-12-18(7-8-23(24)27)11-21-13-20-15-25(31(35)37-2)22-5-3-4-6-26(22)38-29(20)17-33-21/h3-10,12-14,16-17,25H,11,15H2,1-2H3. The van der Waals surface area contributed by atoms with E-state index in [-0.39, 0.29) is 5.97 Å². The molecule has 6 rings (SSSR count). The van der Waals surface area contributed by atoms with Crippen LogP contribution in [0.1, 0.15) is 39.4 Å². The summed E-state index contributed by atoms with van der Waals surface area (Å²) in [4.78, 5) is 34.1. The van der Waals surface area contributed by atoms with Crippen molar-refractivity contribution in [3.05, 3.63) is 107 Å². The van der Waals surface area contributed by atoms with E-state index < -0.39 is 11.9 Å². The smallest absolute Gasteiger partial charge is 0.338 e. The molecule has 2 aromatic carbocycles. The average molecular weight is 521 g/mol. The van der Waals surface area contributed by atoms with Gasteiger partial charge in [0.25, 0.3) is 0 Å². The summed E-state index contributed by atoms with van der Waals surface area (Å²) in [6.45, 7) is 0. The molecule has 0 saturated heterocycles. The lowest BCUT2D eigenvalue weighted by Crippen LogP contribution is -2.16. The van der Waals surface area contributed by atoms with Gasteiger partial charge in [0.1, 0.15) is 17.2 Å². The number of para-hydroxylation sites is 1. The minimum Gasteiger partial charge on any atom is -0.469 e. The van der Waals surface area contributed by atoms with Crippen LogP contribution >= 0.6 is 0 Å². The Balaban J connectivity index is 1.33. The summed E-state index contributed by atoms with van der Waals surface area (Å²) in [7, 11) is 2.75. The summed E-state index contributed by atoms with van der Waals surface area (Å²) in [5, 5.41) is 0. The van der Waals surface area contributed by atoms with Crippen molar-refractivity contribution in [2.45, 2.75) is 18.8 Å². The van der Waals surface area contributed by atoms with Crippen molar-refractivity contribution < 1.29 is 28.5 Å². The lowest BCUT2D eigenvalue weighted by molar-refractivity contribution is -0.142. The van der Waals surface area contributed by atoms with Crippen LogP contribution in [0, 0.1) is 0 Å². The lowest BCUT2D eigenvalue weighted by atomic mass is 9.91. The number of pyridine rings is 2. The maximum atomic E-state index is 12.7. The third kappa shape index (κ3) is 4.61. The normalized spacial score (nSPS) is 14.9. The number of carbonyl (C=O) groups is 2. The van der Waals surface area contributed by atoms with Gasteiger partial charge in [-0.05, 0) is 47.9 Å². The Morgan fingerprint density at radius 1 is 0.923 bits per heavy atom. The van der Waals surface area contributed by atoms with Gasteiger partial charge in [-0.2, -0.15) is 0 Å². The second-order valence-corrected chi connectivity index (χ2v) is 9.28. The van der Waals surface area contributed by atoms with Gasteiger partial charge in [-0.25, -0.2) is 4.79 Å². The number of hydrogen-bond donors (Lipinski definition) is 0. The molecule has 0 aliphatic carbocycles. The van der Waals surface area contributed by atoms with E-state index in [4.69, 9.17) is 18.9 Å². The van der Waals surface area contributed by atoms with Crippen LogP contribution in [-0.2, 0) is 31.9 Å². The van der Waals surface area contributed by atoms with Crippen molar-refractivity contribution in [3.8, 4) is 23.0 Å². The van der Waals surface area contributed by atoms with Crippen LogP contribution in [-0.4, -0.2) is 36.1 Å². The first-order valence-corrected chi connectivity index (χ1v) is 12.4.